The van der Waals surface area contributed by atoms with Gasteiger partial charge in [0, 0.05) is 21.2 Å². The highest BCUT2D eigenvalue weighted by molar-refractivity contribution is 6.35. The van der Waals surface area contributed by atoms with Gasteiger partial charge in [-0.2, -0.15) is 5.10 Å². The van der Waals surface area contributed by atoms with E-state index in [0.717, 1.165) is 11.1 Å². The van der Waals surface area contributed by atoms with Crippen molar-refractivity contribution >= 4 is 29.4 Å². The third kappa shape index (κ3) is 4.09. The average molecular weight is 347 g/mol. The monoisotopic (exact) mass is 346 g/mol. The van der Waals surface area contributed by atoms with E-state index in [9.17, 15) is 0 Å². The predicted molar refractivity (Wildman–Crippen MR) is 90.3 cm³/mol. The molecule has 0 saturated heterocycles. The van der Waals surface area contributed by atoms with Crippen LogP contribution in [0, 0.1) is 0 Å². The molecule has 0 radical (unpaired) electrons. The quantitative estimate of drug-likeness (QED) is 0.655. The van der Waals surface area contributed by atoms with Crippen molar-refractivity contribution in [2.24, 2.45) is 5.10 Å². The van der Waals surface area contributed by atoms with Gasteiger partial charge in [-0.05, 0) is 24.3 Å². The minimum Gasteiger partial charge on any atom is -0.488 e. The van der Waals surface area contributed by atoms with E-state index in [1.807, 2.05) is 30.3 Å². The van der Waals surface area contributed by atoms with E-state index in [-0.39, 0.29) is 0 Å². The molecule has 2 aromatic carbocycles. The molecule has 0 aliphatic rings. The van der Waals surface area contributed by atoms with Crippen LogP contribution in [0.2, 0.25) is 10.0 Å². The number of benzene rings is 2. The first-order valence-corrected chi connectivity index (χ1v) is 7.53. The van der Waals surface area contributed by atoms with Gasteiger partial charge in [0.05, 0.1) is 6.21 Å². The summed E-state index contributed by atoms with van der Waals surface area (Å²) in [5.74, 6) is 0.704. The number of rotatable bonds is 5. The van der Waals surface area contributed by atoms with Crippen molar-refractivity contribution in [2.45, 2.75) is 6.61 Å². The minimum absolute atomic E-state index is 0.341. The first kappa shape index (κ1) is 15.5. The molecule has 3 aromatic rings. The highest BCUT2D eigenvalue weighted by atomic mass is 35.5. The molecule has 116 valence electrons. The Balaban J connectivity index is 1.75. The van der Waals surface area contributed by atoms with Crippen LogP contribution in [0.4, 0.5) is 0 Å². The number of hydrogen-bond acceptors (Lipinski definition) is 4. The van der Waals surface area contributed by atoms with Crippen molar-refractivity contribution in [1.29, 1.82) is 0 Å². The van der Waals surface area contributed by atoms with Crippen LogP contribution in [0.25, 0.3) is 0 Å². The van der Waals surface area contributed by atoms with Gasteiger partial charge in [0.15, 0.2) is 0 Å². The maximum absolute atomic E-state index is 6.16. The van der Waals surface area contributed by atoms with Gasteiger partial charge in [0.2, 0.25) is 0 Å². The molecule has 3 rings (SSSR count). The molecular formula is C16H12Cl2N4O. The standard InChI is InChI=1S/C16H12Cl2N4O/c17-14-6-5-13(15(18)7-14)9-23-16-4-2-1-3-12(16)8-21-22-10-19-20-11-22/h1-8,10-11H,9H2/b21-8-. The number of aromatic nitrogens is 3. The van der Waals surface area contributed by atoms with E-state index in [1.165, 1.54) is 17.3 Å². The van der Waals surface area contributed by atoms with Gasteiger partial charge in [0.25, 0.3) is 0 Å². The van der Waals surface area contributed by atoms with Crippen LogP contribution in [0.15, 0.2) is 60.2 Å². The molecule has 0 saturated carbocycles. The van der Waals surface area contributed by atoms with E-state index >= 15 is 0 Å². The zero-order valence-corrected chi connectivity index (χ0v) is 13.4. The van der Waals surface area contributed by atoms with Gasteiger partial charge < -0.3 is 4.74 Å². The second-order valence-corrected chi connectivity index (χ2v) is 5.49. The van der Waals surface area contributed by atoms with Crippen LogP contribution in [0.3, 0.4) is 0 Å². The van der Waals surface area contributed by atoms with Crippen LogP contribution < -0.4 is 4.74 Å². The Morgan fingerprint density at radius 1 is 1.09 bits per heavy atom. The van der Waals surface area contributed by atoms with Crippen LogP contribution >= 0.6 is 23.2 Å². The lowest BCUT2D eigenvalue weighted by Crippen LogP contribution is -1.99. The predicted octanol–water partition coefficient (Wildman–Crippen LogP) is 4.05. The Morgan fingerprint density at radius 2 is 1.87 bits per heavy atom. The van der Waals surface area contributed by atoms with Crippen LogP contribution in [0.5, 0.6) is 5.75 Å². The Kier molecular flexibility index (Phi) is 4.90. The highest BCUT2D eigenvalue weighted by Crippen LogP contribution is 2.23. The SMILES string of the molecule is Clc1ccc(COc2ccccc2/C=N\n2cnnc2)c(Cl)c1. The number of hydrogen-bond donors (Lipinski definition) is 0. The average Bonchev–Trinajstić information content (AvgIpc) is 3.06. The highest BCUT2D eigenvalue weighted by Gasteiger charge is 2.05. The zero-order chi connectivity index (χ0) is 16.1. The Bertz CT molecular complexity index is 819. The first-order chi connectivity index (χ1) is 11.2. The lowest BCUT2D eigenvalue weighted by atomic mass is 10.2. The molecule has 0 fully saturated rings. The molecule has 1 aromatic heterocycles. The number of halogens is 2. The molecule has 0 bridgehead atoms. The molecule has 0 amide bonds. The summed E-state index contributed by atoms with van der Waals surface area (Å²) < 4.78 is 7.36. The molecule has 0 aliphatic carbocycles. The Labute approximate surface area is 143 Å². The molecule has 0 aliphatic heterocycles. The maximum atomic E-state index is 6.16. The van der Waals surface area contributed by atoms with E-state index in [1.54, 1.807) is 18.3 Å². The van der Waals surface area contributed by atoms with Gasteiger partial charge >= 0.3 is 0 Å². The summed E-state index contributed by atoms with van der Waals surface area (Å²) >= 11 is 12.1. The molecule has 1 heterocycles. The van der Waals surface area contributed by atoms with E-state index in [0.29, 0.717) is 22.4 Å². The smallest absolute Gasteiger partial charge is 0.141 e. The molecule has 0 spiro atoms. The van der Waals surface area contributed by atoms with Crippen molar-refractivity contribution in [3.63, 3.8) is 0 Å². The van der Waals surface area contributed by atoms with Crippen molar-refractivity contribution in [3.8, 4) is 5.75 Å². The second-order valence-electron chi connectivity index (χ2n) is 4.65. The van der Waals surface area contributed by atoms with Gasteiger partial charge in [-0.3, -0.25) is 0 Å². The van der Waals surface area contributed by atoms with Crippen LogP contribution in [-0.2, 0) is 6.61 Å². The normalized spacial score (nSPS) is 11.0. The summed E-state index contributed by atoms with van der Waals surface area (Å²) in [5.41, 5.74) is 1.70. The second kappa shape index (κ2) is 7.26. The van der Waals surface area contributed by atoms with Gasteiger partial charge in [-0.25, -0.2) is 4.68 Å². The van der Waals surface area contributed by atoms with Crippen molar-refractivity contribution in [3.05, 3.63) is 76.3 Å². The molecule has 0 unspecified atom stereocenters. The molecule has 5 nitrogen and oxygen atoms in total. The zero-order valence-electron chi connectivity index (χ0n) is 11.9. The summed E-state index contributed by atoms with van der Waals surface area (Å²) in [4.78, 5) is 0. The Hall–Kier alpha value is -2.37. The number of para-hydroxylation sites is 1. The fraction of sp³-hybridized carbons (Fsp3) is 0.0625. The molecule has 0 atom stereocenters. The van der Waals surface area contributed by atoms with Gasteiger partial charge in [-0.1, -0.05) is 41.4 Å². The van der Waals surface area contributed by atoms with Crippen LogP contribution in [-0.4, -0.2) is 21.1 Å². The molecule has 7 heteroatoms. The lowest BCUT2D eigenvalue weighted by Gasteiger charge is -2.10. The van der Waals surface area contributed by atoms with E-state index < -0.39 is 0 Å². The molecule has 0 N–H and O–H groups in total. The van der Waals surface area contributed by atoms with Crippen molar-refractivity contribution in [2.75, 3.05) is 0 Å². The van der Waals surface area contributed by atoms with E-state index in [2.05, 4.69) is 15.3 Å². The minimum atomic E-state index is 0.341. The molecule has 23 heavy (non-hydrogen) atoms. The summed E-state index contributed by atoms with van der Waals surface area (Å²) in [6, 6.07) is 12.9. The number of nitrogens with zero attached hydrogens (tertiary/aromatic N) is 4. The summed E-state index contributed by atoms with van der Waals surface area (Å²) in [7, 11) is 0. The van der Waals surface area contributed by atoms with Crippen LogP contribution in [0.1, 0.15) is 11.1 Å². The van der Waals surface area contributed by atoms with E-state index in [4.69, 9.17) is 27.9 Å². The first-order valence-electron chi connectivity index (χ1n) is 6.77. The van der Waals surface area contributed by atoms with Gasteiger partial charge in [-0.15, -0.1) is 10.2 Å². The summed E-state index contributed by atoms with van der Waals surface area (Å²) in [6.45, 7) is 0.341. The fourth-order valence-corrected chi connectivity index (χ4v) is 2.36. The number of ether oxygens (including phenoxy) is 1. The largest absolute Gasteiger partial charge is 0.488 e. The lowest BCUT2D eigenvalue weighted by molar-refractivity contribution is 0.306. The van der Waals surface area contributed by atoms with Gasteiger partial charge in [0.1, 0.15) is 25.0 Å². The van der Waals surface area contributed by atoms with Crippen molar-refractivity contribution < 1.29 is 4.74 Å². The van der Waals surface area contributed by atoms with Crippen molar-refractivity contribution in [1.82, 2.24) is 14.9 Å². The third-order valence-electron chi connectivity index (χ3n) is 3.05. The third-order valence-corrected chi connectivity index (χ3v) is 3.64. The maximum Gasteiger partial charge on any atom is 0.141 e. The Morgan fingerprint density at radius 3 is 2.65 bits per heavy atom. The fourth-order valence-electron chi connectivity index (χ4n) is 1.90. The summed E-state index contributed by atoms with van der Waals surface area (Å²) in [5, 5.41) is 12.8. The summed E-state index contributed by atoms with van der Waals surface area (Å²) in [6.07, 6.45) is 4.70. The topological polar surface area (TPSA) is 52.3 Å². The molecular weight excluding hydrogens is 335 g/mol.